The van der Waals surface area contributed by atoms with Crippen molar-refractivity contribution in [3.05, 3.63) is 29.8 Å². The Morgan fingerprint density at radius 1 is 1.22 bits per heavy atom. The van der Waals surface area contributed by atoms with Crippen LogP contribution in [-0.2, 0) is 5.41 Å². The lowest BCUT2D eigenvalue weighted by atomic mass is 9.87. The minimum Gasteiger partial charge on any atom is -0.390 e. The standard InChI is InChI=1S/C15H24N2O/c1-15(2,3)12-4-6-13(7-5-12)17-9-8-16-10-14(18)11-17/h4-7,14,16,18H,8-11H2,1-3H3. The number of anilines is 1. The van der Waals surface area contributed by atoms with Crippen molar-refractivity contribution < 1.29 is 5.11 Å². The van der Waals surface area contributed by atoms with Gasteiger partial charge in [0, 0.05) is 31.9 Å². The van der Waals surface area contributed by atoms with Gasteiger partial charge in [0.15, 0.2) is 0 Å². The van der Waals surface area contributed by atoms with E-state index in [1.165, 1.54) is 11.3 Å². The van der Waals surface area contributed by atoms with Crippen LogP contribution in [0.4, 0.5) is 5.69 Å². The summed E-state index contributed by atoms with van der Waals surface area (Å²) in [5, 5.41) is 13.0. The zero-order valence-corrected chi connectivity index (χ0v) is 11.6. The molecule has 1 heterocycles. The number of β-amino-alcohol motifs (C(OH)–C–C–N with tert-alkyl or cyclic N) is 1. The molecule has 0 saturated carbocycles. The summed E-state index contributed by atoms with van der Waals surface area (Å²) in [5.74, 6) is 0. The van der Waals surface area contributed by atoms with Gasteiger partial charge in [0.2, 0.25) is 0 Å². The molecular weight excluding hydrogens is 224 g/mol. The number of benzene rings is 1. The third kappa shape index (κ3) is 3.24. The largest absolute Gasteiger partial charge is 0.390 e. The summed E-state index contributed by atoms with van der Waals surface area (Å²) in [7, 11) is 0. The van der Waals surface area contributed by atoms with E-state index in [-0.39, 0.29) is 11.5 Å². The summed E-state index contributed by atoms with van der Waals surface area (Å²) in [6.45, 7) is 9.95. The van der Waals surface area contributed by atoms with E-state index in [1.54, 1.807) is 0 Å². The number of nitrogens with zero attached hydrogens (tertiary/aromatic N) is 1. The predicted octanol–water partition coefficient (Wildman–Crippen LogP) is 1.75. The molecule has 0 radical (unpaired) electrons. The molecule has 0 amide bonds. The van der Waals surface area contributed by atoms with Crippen molar-refractivity contribution in [2.45, 2.75) is 32.3 Å². The Morgan fingerprint density at radius 2 is 1.89 bits per heavy atom. The molecule has 3 heteroatoms. The van der Waals surface area contributed by atoms with Gasteiger partial charge >= 0.3 is 0 Å². The van der Waals surface area contributed by atoms with Gasteiger partial charge in [0.05, 0.1) is 6.10 Å². The normalized spacial score (nSPS) is 21.8. The lowest BCUT2D eigenvalue weighted by molar-refractivity contribution is 0.185. The highest BCUT2D eigenvalue weighted by molar-refractivity contribution is 5.49. The lowest BCUT2D eigenvalue weighted by Crippen LogP contribution is -2.32. The molecule has 0 spiro atoms. The van der Waals surface area contributed by atoms with Gasteiger partial charge in [-0.1, -0.05) is 32.9 Å². The van der Waals surface area contributed by atoms with Gasteiger partial charge in [-0.05, 0) is 23.1 Å². The minimum atomic E-state index is -0.283. The zero-order chi connectivity index (χ0) is 13.2. The Hall–Kier alpha value is -1.06. The van der Waals surface area contributed by atoms with E-state index >= 15 is 0 Å². The van der Waals surface area contributed by atoms with Crippen LogP contribution in [0, 0.1) is 0 Å². The highest BCUT2D eigenvalue weighted by Gasteiger charge is 2.17. The summed E-state index contributed by atoms with van der Waals surface area (Å²) in [5.41, 5.74) is 2.74. The Bertz CT molecular complexity index is 380. The van der Waals surface area contributed by atoms with E-state index in [1.807, 2.05) is 0 Å². The highest BCUT2D eigenvalue weighted by atomic mass is 16.3. The molecule has 0 bridgehead atoms. The van der Waals surface area contributed by atoms with Crippen LogP contribution in [0.25, 0.3) is 0 Å². The first-order valence-corrected chi connectivity index (χ1v) is 6.71. The van der Waals surface area contributed by atoms with E-state index in [9.17, 15) is 5.11 Å². The van der Waals surface area contributed by atoms with E-state index in [4.69, 9.17) is 0 Å². The Labute approximate surface area is 110 Å². The van der Waals surface area contributed by atoms with Gasteiger partial charge in [0.1, 0.15) is 0 Å². The van der Waals surface area contributed by atoms with Crippen LogP contribution in [0.3, 0.4) is 0 Å². The fourth-order valence-electron chi connectivity index (χ4n) is 2.30. The van der Waals surface area contributed by atoms with E-state index in [0.717, 1.165) is 13.1 Å². The summed E-state index contributed by atoms with van der Waals surface area (Å²) in [6.07, 6.45) is -0.283. The zero-order valence-electron chi connectivity index (χ0n) is 11.6. The molecule has 1 aliphatic heterocycles. The van der Waals surface area contributed by atoms with Crippen molar-refractivity contribution >= 4 is 5.69 Å². The lowest BCUT2D eigenvalue weighted by Gasteiger charge is -2.25. The maximum absolute atomic E-state index is 9.80. The second kappa shape index (κ2) is 5.29. The molecule has 3 nitrogen and oxygen atoms in total. The Morgan fingerprint density at radius 3 is 2.50 bits per heavy atom. The van der Waals surface area contributed by atoms with Crippen LogP contribution in [0.5, 0.6) is 0 Å². The second-order valence-electron chi connectivity index (χ2n) is 6.10. The molecular formula is C15H24N2O. The fraction of sp³-hybridized carbons (Fsp3) is 0.600. The van der Waals surface area contributed by atoms with E-state index < -0.39 is 0 Å². The van der Waals surface area contributed by atoms with Crippen molar-refractivity contribution in [1.82, 2.24) is 5.32 Å². The van der Waals surface area contributed by atoms with Gasteiger partial charge in [-0.25, -0.2) is 0 Å². The van der Waals surface area contributed by atoms with Crippen molar-refractivity contribution in [1.29, 1.82) is 0 Å². The quantitative estimate of drug-likeness (QED) is 0.795. The topological polar surface area (TPSA) is 35.5 Å². The fourth-order valence-corrected chi connectivity index (χ4v) is 2.30. The molecule has 1 fully saturated rings. The molecule has 0 aliphatic carbocycles. The van der Waals surface area contributed by atoms with Gasteiger partial charge in [-0.15, -0.1) is 0 Å². The number of nitrogens with one attached hydrogen (secondary N) is 1. The number of rotatable bonds is 1. The molecule has 100 valence electrons. The number of aliphatic hydroxyl groups is 1. The number of hydrogen-bond donors (Lipinski definition) is 2. The minimum absolute atomic E-state index is 0.193. The molecule has 18 heavy (non-hydrogen) atoms. The van der Waals surface area contributed by atoms with Gasteiger partial charge in [0.25, 0.3) is 0 Å². The Balaban J connectivity index is 2.13. The summed E-state index contributed by atoms with van der Waals surface area (Å²) in [4.78, 5) is 2.25. The molecule has 1 atom stereocenters. The molecule has 0 aromatic heterocycles. The van der Waals surface area contributed by atoms with E-state index in [2.05, 4.69) is 55.3 Å². The monoisotopic (exact) mass is 248 g/mol. The maximum Gasteiger partial charge on any atom is 0.0839 e. The SMILES string of the molecule is CC(C)(C)c1ccc(N2CCNCC(O)C2)cc1. The van der Waals surface area contributed by atoms with Crippen LogP contribution in [0.15, 0.2) is 24.3 Å². The second-order valence-corrected chi connectivity index (χ2v) is 6.10. The van der Waals surface area contributed by atoms with Crippen LogP contribution in [-0.4, -0.2) is 37.4 Å². The van der Waals surface area contributed by atoms with Crippen molar-refractivity contribution in [2.75, 3.05) is 31.1 Å². The Kier molecular flexibility index (Phi) is 3.93. The summed E-state index contributed by atoms with van der Waals surface area (Å²) >= 11 is 0. The van der Waals surface area contributed by atoms with E-state index in [0.29, 0.717) is 13.1 Å². The molecule has 1 aliphatic rings. The molecule has 2 rings (SSSR count). The summed E-state index contributed by atoms with van der Waals surface area (Å²) in [6, 6.07) is 8.72. The first-order valence-electron chi connectivity index (χ1n) is 6.71. The van der Waals surface area contributed by atoms with Crippen LogP contribution >= 0.6 is 0 Å². The van der Waals surface area contributed by atoms with Crippen LogP contribution < -0.4 is 10.2 Å². The van der Waals surface area contributed by atoms with Crippen molar-refractivity contribution in [3.8, 4) is 0 Å². The molecule has 1 aromatic carbocycles. The molecule has 2 N–H and O–H groups in total. The molecule has 1 saturated heterocycles. The van der Waals surface area contributed by atoms with Gasteiger partial charge in [-0.3, -0.25) is 0 Å². The maximum atomic E-state index is 9.80. The van der Waals surface area contributed by atoms with Crippen LogP contribution in [0.1, 0.15) is 26.3 Å². The third-order valence-electron chi connectivity index (χ3n) is 3.47. The van der Waals surface area contributed by atoms with Gasteiger partial charge in [-0.2, -0.15) is 0 Å². The average Bonchev–Trinajstić information content (AvgIpc) is 2.53. The summed E-state index contributed by atoms with van der Waals surface area (Å²) < 4.78 is 0. The smallest absolute Gasteiger partial charge is 0.0839 e. The number of hydrogen-bond acceptors (Lipinski definition) is 3. The van der Waals surface area contributed by atoms with Crippen LogP contribution in [0.2, 0.25) is 0 Å². The third-order valence-corrected chi connectivity index (χ3v) is 3.47. The first kappa shape index (κ1) is 13.4. The molecule has 1 aromatic rings. The van der Waals surface area contributed by atoms with Crippen molar-refractivity contribution in [3.63, 3.8) is 0 Å². The highest BCUT2D eigenvalue weighted by Crippen LogP contribution is 2.25. The van der Waals surface area contributed by atoms with Crippen molar-refractivity contribution in [2.24, 2.45) is 0 Å². The van der Waals surface area contributed by atoms with Gasteiger partial charge < -0.3 is 15.3 Å². The first-order chi connectivity index (χ1) is 8.47. The molecule has 1 unspecified atom stereocenters. The number of aliphatic hydroxyl groups excluding tert-OH is 1. The average molecular weight is 248 g/mol. The predicted molar refractivity (Wildman–Crippen MR) is 76.2 cm³/mol.